The van der Waals surface area contributed by atoms with Crippen LogP contribution in [0, 0.1) is 17.3 Å². The van der Waals surface area contributed by atoms with E-state index in [1.165, 1.54) is 51.4 Å². The van der Waals surface area contributed by atoms with Crippen molar-refractivity contribution in [1.82, 2.24) is 5.32 Å². The Morgan fingerprint density at radius 2 is 1.60 bits per heavy atom. The number of rotatable bonds is 10. The molecule has 3 nitrogen and oxygen atoms in total. The van der Waals surface area contributed by atoms with E-state index in [-0.39, 0.29) is 0 Å². The number of hydrogen-bond donors (Lipinski definition) is 2. The third-order valence-electron chi connectivity index (χ3n) is 7.11. The highest BCUT2D eigenvalue weighted by molar-refractivity contribution is 5.75. The van der Waals surface area contributed by atoms with Crippen LogP contribution in [-0.2, 0) is 4.79 Å². The first-order valence-corrected chi connectivity index (χ1v) is 11.1. The topological polar surface area (TPSA) is 49.3 Å². The molecular weight excluding hydrogens is 310 g/mol. The predicted molar refractivity (Wildman–Crippen MR) is 105 cm³/mol. The number of nitrogens with one attached hydrogen (secondary N) is 1. The van der Waals surface area contributed by atoms with Crippen molar-refractivity contribution in [3.05, 3.63) is 0 Å². The summed E-state index contributed by atoms with van der Waals surface area (Å²) in [7, 11) is 0. The van der Waals surface area contributed by atoms with Gasteiger partial charge in [0.25, 0.3) is 0 Å². The number of unbranched alkanes of at least 4 members (excludes halogenated alkanes) is 3. The molecule has 0 amide bonds. The van der Waals surface area contributed by atoms with Crippen molar-refractivity contribution in [1.29, 1.82) is 0 Å². The van der Waals surface area contributed by atoms with Gasteiger partial charge in [-0.25, -0.2) is 0 Å². The van der Waals surface area contributed by atoms with E-state index in [0.717, 1.165) is 51.0 Å². The second kappa shape index (κ2) is 10.5. The van der Waals surface area contributed by atoms with Crippen molar-refractivity contribution < 1.29 is 9.90 Å². The molecule has 2 rings (SSSR count). The van der Waals surface area contributed by atoms with Gasteiger partial charge in [0, 0.05) is 6.04 Å². The van der Waals surface area contributed by atoms with Crippen molar-refractivity contribution in [2.24, 2.45) is 17.3 Å². The first-order valence-electron chi connectivity index (χ1n) is 11.1. The van der Waals surface area contributed by atoms with Crippen LogP contribution in [0.2, 0.25) is 0 Å². The third-order valence-corrected chi connectivity index (χ3v) is 7.11. The van der Waals surface area contributed by atoms with Gasteiger partial charge in [-0.2, -0.15) is 0 Å². The summed E-state index contributed by atoms with van der Waals surface area (Å²) in [5, 5.41) is 13.7. The molecule has 0 aromatic heterocycles. The van der Waals surface area contributed by atoms with Crippen molar-refractivity contribution in [2.45, 2.75) is 110 Å². The summed E-state index contributed by atoms with van der Waals surface area (Å²) < 4.78 is 0. The predicted octanol–water partition coefficient (Wildman–Crippen LogP) is 5.78. The Hall–Kier alpha value is -0.570. The van der Waals surface area contributed by atoms with Crippen molar-refractivity contribution in [3.8, 4) is 0 Å². The van der Waals surface area contributed by atoms with Gasteiger partial charge in [0.2, 0.25) is 0 Å². The van der Waals surface area contributed by atoms with Gasteiger partial charge >= 0.3 is 5.97 Å². The Morgan fingerprint density at radius 1 is 0.960 bits per heavy atom. The average Bonchev–Trinajstić information content (AvgIpc) is 2.63. The zero-order valence-electron chi connectivity index (χ0n) is 16.7. The zero-order valence-corrected chi connectivity index (χ0v) is 16.7. The number of aliphatic carboxylic acids is 1. The summed E-state index contributed by atoms with van der Waals surface area (Å²) in [4.78, 5) is 12.2. The smallest absolute Gasteiger partial charge is 0.309 e. The van der Waals surface area contributed by atoms with Crippen LogP contribution in [0.25, 0.3) is 0 Å². The Morgan fingerprint density at radius 3 is 2.16 bits per heavy atom. The molecule has 0 radical (unpaired) electrons. The number of carboxylic acid groups (broad SMARTS) is 1. The minimum absolute atomic E-state index is 0.419. The van der Waals surface area contributed by atoms with E-state index in [2.05, 4.69) is 19.2 Å². The van der Waals surface area contributed by atoms with Gasteiger partial charge in [-0.1, -0.05) is 58.8 Å². The van der Waals surface area contributed by atoms with Crippen LogP contribution in [0.4, 0.5) is 0 Å². The SMILES string of the molecule is CCCCCC1CCC(C2(C(=O)O)CCC(NCCCC)CC2)CC1. The molecule has 0 spiro atoms. The molecule has 2 fully saturated rings. The van der Waals surface area contributed by atoms with Gasteiger partial charge in [0.1, 0.15) is 0 Å². The van der Waals surface area contributed by atoms with E-state index < -0.39 is 11.4 Å². The molecule has 2 saturated carbocycles. The molecule has 2 N–H and O–H groups in total. The minimum atomic E-state index is -0.506. The zero-order chi connectivity index (χ0) is 18.1. The van der Waals surface area contributed by atoms with Crippen molar-refractivity contribution >= 4 is 5.97 Å². The monoisotopic (exact) mass is 351 g/mol. The van der Waals surface area contributed by atoms with Crippen LogP contribution in [0.3, 0.4) is 0 Å². The van der Waals surface area contributed by atoms with Gasteiger partial charge in [-0.3, -0.25) is 4.79 Å². The molecule has 0 atom stereocenters. The lowest BCUT2D eigenvalue weighted by Crippen LogP contribution is -2.46. The molecule has 0 bridgehead atoms. The molecule has 0 unspecified atom stereocenters. The molecular formula is C22H41NO2. The molecule has 0 saturated heterocycles. The van der Waals surface area contributed by atoms with Gasteiger partial charge in [-0.15, -0.1) is 0 Å². The Balaban J connectivity index is 1.82. The van der Waals surface area contributed by atoms with E-state index in [9.17, 15) is 9.90 Å². The second-order valence-corrected chi connectivity index (χ2v) is 8.76. The molecule has 2 aliphatic carbocycles. The summed E-state index contributed by atoms with van der Waals surface area (Å²) in [5.41, 5.74) is -0.419. The summed E-state index contributed by atoms with van der Waals surface area (Å²) >= 11 is 0. The number of carboxylic acids is 1. The minimum Gasteiger partial charge on any atom is -0.481 e. The fraction of sp³-hybridized carbons (Fsp3) is 0.955. The van der Waals surface area contributed by atoms with Gasteiger partial charge in [0.05, 0.1) is 5.41 Å². The van der Waals surface area contributed by atoms with Gasteiger partial charge in [0.15, 0.2) is 0 Å². The van der Waals surface area contributed by atoms with E-state index in [1.54, 1.807) is 0 Å². The first kappa shape index (κ1) is 20.7. The maximum absolute atomic E-state index is 12.2. The van der Waals surface area contributed by atoms with Crippen LogP contribution in [0.5, 0.6) is 0 Å². The van der Waals surface area contributed by atoms with Crippen molar-refractivity contribution in [2.75, 3.05) is 6.54 Å². The molecule has 3 heteroatoms. The fourth-order valence-electron chi connectivity index (χ4n) is 5.30. The molecule has 25 heavy (non-hydrogen) atoms. The Kier molecular flexibility index (Phi) is 8.75. The fourth-order valence-corrected chi connectivity index (χ4v) is 5.30. The molecule has 146 valence electrons. The van der Waals surface area contributed by atoms with E-state index in [1.807, 2.05) is 0 Å². The lowest BCUT2D eigenvalue weighted by molar-refractivity contribution is -0.157. The maximum atomic E-state index is 12.2. The Labute approximate surface area is 155 Å². The van der Waals surface area contributed by atoms with Crippen LogP contribution in [0.15, 0.2) is 0 Å². The second-order valence-electron chi connectivity index (χ2n) is 8.76. The van der Waals surface area contributed by atoms with Gasteiger partial charge in [-0.05, 0) is 63.3 Å². The summed E-state index contributed by atoms with van der Waals surface area (Å²) in [6.07, 6.45) is 16.5. The quantitative estimate of drug-likeness (QED) is 0.491. The van der Waals surface area contributed by atoms with E-state index >= 15 is 0 Å². The highest BCUT2D eigenvalue weighted by Crippen LogP contribution is 2.49. The highest BCUT2D eigenvalue weighted by Gasteiger charge is 2.48. The van der Waals surface area contributed by atoms with E-state index in [4.69, 9.17) is 0 Å². The Bertz CT molecular complexity index is 379. The standard InChI is InChI=1S/C22H41NO2/c1-3-5-7-8-18-9-11-19(12-10-18)22(21(24)25)15-13-20(14-16-22)23-17-6-4-2/h18-20,23H,3-17H2,1-2H3,(H,24,25). The van der Waals surface area contributed by atoms with Crippen molar-refractivity contribution in [3.63, 3.8) is 0 Å². The summed E-state index contributed by atoms with van der Waals surface area (Å²) in [5.74, 6) is 0.777. The highest BCUT2D eigenvalue weighted by atomic mass is 16.4. The molecule has 0 heterocycles. The summed E-state index contributed by atoms with van der Waals surface area (Å²) in [6.45, 7) is 5.57. The molecule has 0 aromatic rings. The first-order chi connectivity index (χ1) is 12.1. The van der Waals surface area contributed by atoms with Crippen LogP contribution in [0.1, 0.15) is 104 Å². The third kappa shape index (κ3) is 5.70. The largest absolute Gasteiger partial charge is 0.481 e. The number of carbonyl (C=O) groups is 1. The molecule has 0 aromatic carbocycles. The molecule has 0 aliphatic heterocycles. The lowest BCUT2D eigenvalue weighted by atomic mass is 9.60. The van der Waals surface area contributed by atoms with Crippen LogP contribution < -0.4 is 5.32 Å². The lowest BCUT2D eigenvalue weighted by Gasteiger charge is -2.45. The average molecular weight is 352 g/mol. The van der Waals surface area contributed by atoms with Gasteiger partial charge < -0.3 is 10.4 Å². The summed E-state index contributed by atoms with van der Waals surface area (Å²) in [6, 6.07) is 0.546. The number of hydrogen-bond acceptors (Lipinski definition) is 2. The van der Waals surface area contributed by atoms with Crippen LogP contribution in [-0.4, -0.2) is 23.7 Å². The maximum Gasteiger partial charge on any atom is 0.309 e. The van der Waals surface area contributed by atoms with Crippen LogP contribution >= 0.6 is 0 Å². The van der Waals surface area contributed by atoms with E-state index in [0.29, 0.717) is 12.0 Å². The molecule has 2 aliphatic rings. The normalized spacial score (nSPS) is 33.3.